The molecule has 0 aromatic heterocycles. The Hall–Kier alpha value is -1.59. The molecule has 0 amide bonds. The van der Waals surface area contributed by atoms with Crippen LogP contribution in [0, 0.1) is 5.82 Å². The smallest absolute Gasteiger partial charge is 0.399 e. The van der Waals surface area contributed by atoms with E-state index in [1.807, 2.05) is 0 Å². The van der Waals surface area contributed by atoms with E-state index >= 15 is 0 Å². The minimum Gasteiger partial charge on any atom is -0.399 e. The molecule has 1 aromatic carbocycles. The van der Waals surface area contributed by atoms with E-state index in [1.54, 1.807) is 0 Å². The van der Waals surface area contributed by atoms with Crippen molar-refractivity contribution in [3.63, 3.8) is 0 Å². The summed E-state index contributed by atoms with van der Waals surface area (Å²) in [4.78, 5) is 4.25. The van der Waals surface area contributed by atoms with Crippen molar-refractivity contribution >= 4 is 6.21 Å². The molecule has 0 atom stereocenters. The van der Waals surface area contributed by atoms with Gasteiger partial charge < -0.3 is 4.84 Å². The van der Waals surface area contributed by atoms with Gasteiger partial charge in [-0.05, 0) is 18.2 Å². The molecule has 0 aliphatic rings. The Balaban J connectivity index is 3.21. The molecular formula is C9H7F4NO. The van der Waals surface area contributed by atoms with Crippen molar-refractivity contribution < 1.29 is 22.4 Å². The molecule has 0 bridgehead atoms. The fourth-order valence-electron chi connectivity index (χ4n) is 0.996. The summed E-state index contributed by atoms with van der Waals surface area (Å²) < 4.78 is 49.8. The summed E-state index contributed by atoms with van der Waals surface area (Å²) in [6.07, 6.45) is -3.74. The third kappa shape index (κ3) is 2.93. The van der Waals surface area contributed by atoms with Gasteiger partial charge in [0.2, 0.25) is 0 Å². The second-order valence-corrected chi connectivity index (χ2v) is 2.65. The normalized spacial score (nSPS) is 12.1. The summed E-state index contributed by atoms with van der Waals surface area (Å²) in [7, 11) is 1.20. The van der Waals surface area contributed by atoms with Gasteiger partial charge in [-0.1, -0.05) is 5.16 Å². The third-order valence-corrected chi connectivity index (χ3v) is 1.62. The molecule has 0 saturated heterocycles. The molecule has 0 saturated carbocycles. The first-order valence-corrected chi connectivity index (χ1v) is 3.88. The van der Waals surface area contributed by atoms with Crippen molar-refractivity contribution in [1.82, 2.24) is 0 Å². The van der Waals surface area contributed by atoms with Crippen LogP contribution in [0.1, 0.15) is 11.1 Å². The van der Waals surface area contributed by atoms with E-state index in [0.29, 0.717) is 6.07 Å². The van der Waals surface area contributed by atoms with Crippen molar-refractivity contribution in [3.8, 4) is 0 Å². The van der Waals surface area contributed by atoms with Crippen molar-refractivity contribution in [2.45, 2.75) is 6.18 Å². The highest BCUT2D eigenvalue weighted by Gasteiger charge is 2.33. The molecule has 0 heterocycles. The number of hydrogen-bond acceptors (Lipinski definition) is 2. The van der Waals surface area contributed by atoms with Gasteiger partial charge in [0.25, 0.3) is 0 Å². The summed E-state index contributed by atoms with van der Waals surface area (Å²) in [5.41, 5.74) is -1.32. The molecule has 0 aliphatic heterocycles. The van der Waals surface area contributed by atoms with E-state index in [1.165, 1.54) is 7.11 Å². The summed E-state index contributed by atoms with van der Waals surface area (Å²) in [6, 6.07) is 2.32. The first-order valence-electron chi connectivity index (χ1n) is 3.88. The second-order valence-electron chi connectivity index (χ2n) is 2.65. The van der Waals surface area contributed by atoms with Gasteiger partial charge in [0.05, 0.1) is 11.8 Å². The van der Waals surface area contributed by atoms with Crippen LogP contribution < -0.4 is 0 Å². The fraction of sp³-hybridized carbons (Fsp3) is 0.222. The van der Waals surface area contributed by atoms with E-state index in [4.69, 9.17) is 0 Å². The Bertz CT molecular complexity index is 373. The maximum Gasteiger partial charge on any atom is 0.417 e. The van der Waals surface area contributed by atoms with Crippen LogP contribution in [0.4, 0.5) is 17.6 Å². The Kier molecular flexibility index (Phi) is 3.28. The van der Waals surface area contributed by atoms with Gasteiger partial charge in [-0.3, -0.25) is 0 Å². The van der Waals surface area contributed by atoms with Crippen LogP contribution in [0.15, 0.2) is 23.4 Å². The maximum absolute atomic E-state index is 12.6. The number of halogens is 4. The van der Waals surface area contributed by atoms with E-state index in [9.17, 15) is 17.6 Å². The third-order valence-electron chi connectivity index (χ3n) is 1.62. The number of oxime groups is 1. The van der Waals surface area contributed by atoms with Crippen molar-refractivity contribution in [1.29, 1.82) is 0 Å². The van der Waals surface area contributed by atoms with Crippen LogP contribution in [0.25, 0.3) is 0 Å². The Morgan fingerprint density at radius 1 is 1.33 bits per heavy atom. The molecule has 0 fully saturated rings. The van der Waals surface area contributed by atoms with E-state index in [2.05, 4.69) is 9.99 Å². The zero-order valence-corrected chi connectivity index (χ0v) is 7.68. The van der Waals surface area contributed by atoms with Gasteiger partial charge in [-0.25, -0.2) is 4.39 Å². The van der Waals surface area contributed by atoms with E-state index in [0.717, 1.165) is 18.3 Å². The standard InChI is InChI=1S/C9H7F4NO/c1-15-14-5-6-2-3-7(10)4-8(6)9(11,12)13/h2-5H,1H3. The van der Waals surface area contributed by atoms with E-state index in [-0.39, 0.29) is 5.56 Å². The Morgan fingerprint density at radius 3 is 2.53 bits per heavy atom. The average molecular weight is 221 g/mol. The Morgan fingerprint density at radius 2 is 2.00 bits per heavy atom. The molecule has 1 rings (SSSR count). The van der Waals surface area contributed by atoms with Crippen molar-refractivity contribution in [2.75, 3.05) is 7.11 Å². The van der Waals surface area contributed by atoms with Crippen molar-refractivity contribution in [2.24, 2.45) is 5.16 Å². The molecule has 0 N–H and O–H groups in total. The average Bonchev–Trinajstić information content (AvgIpc) is 2.14. The largest absolute Gasteiger partial charge is 0.417 e. The predicted molar refractivity (Wildman–Crippen MR) is 46.0 cm³/mol. The van der Waals surface area contributed by atoms with Gasteiger partial charge in [0.15, 0.2) is 0 Å². The monoisotopic (exact) mass is 221 g/mol. The van der Waals surface area contributed by atoms with Crippen LogP contribution in [0.3, 0.4) is 0 Å². The quantitative estimate of drug-likeness (QED) is 0.427. The van der Waals surface area contributed by atoms with Gasteiger partial charge >= 0.3 is 6.18 Å². The highest BCUT2D eigenvalue weighted by Crippen LogP contribution is 2.31. The minimum absolute atomic E-state index is 0.245. The first-order chi connectivity index (χ1) is 6.95. The van der Waals surface area contributed by atoms with E-state index < -0.39 is 17.6 Å². The number of hydrogen-bond donors (Lipinski definition) is 0. The summed E-state index contributed by atoms with van der Waals surface area (Å²) in [5.74, 6) is -0.947. The number of alkyl halides is 3. The lowest BCUT2D eigenvalue weighted by molar-refractivity contribution is -0.137. The summed E-state index contributed by atoms with van der Waals surface area (Å²) >= 11 is 0. The molecule has 2 nitrogen and oxygen atoms in total. The molecule has 0 unspecified atom stereocenters. The number of benzene rings is 1. The lowest BCUT2D eigenvalue weighted by Gasteiger charge is -2.09. The molecule has 6 heteroatoms. The molecule has 82 valence electrons. The first kappa shape index (κ1) is 11.5. The van der Waals surface area contributed by atoms with Crippen LogP contribution in [0.5, 0.6) is 0 Å². The van der Waals surface area contributed by atoms with Crippen LogP contribution >= 0.6 is 0 Å². The molecular weight excluding hydrogens is 214 g/mol. The van der Waals surface area contributed by atoms with Crippen LogP contribution in [0.2, 0.25) is 0 Å². The molecule has 0 spiro atoms. The lowest BCUT2D eigenvalue weighted by Crippen LogP contribution is -2.09. The highest BCUT2D eigenvalue weighted by atomic mass is 19.4. The fourth-order valence-corrected chi connectivity index (χ4v) is 0.996. The minimum atomic E-state index is -4.61. The predicted octanol–water partition coefficient (Wildman–Crippen LogP) is 2.82. The van der Waals surface area contributed by atoms with Gasteiger partial charge in [0, 0.05) is 5.56 Å². The Labute approximate surface area is 83.2 Å². The van der Waals surface area contributed by atoms with Gasteiger partial charge in [0.1, 0.15) is 12.9 Å². The number of rotatable bonds is 2. The second kappa shape index (κ2) is 4.29. The molecule has 0 aliphatic carbocycles. The molecule has 1 aromatic rings. The number of nitrogens with zero attached hydrogens (tertiary/aromatic N) is 1. The highest BCUT2D eigenvalue weighted by molar-refractivity contribution is 5.81. The summed E-state index contributed by atoms with van der Waals surface area (Å²) in [5, 5.41) is 3.20. The van der Waals surface area contributed by atoms with Gasteiger partial charge in [-0.2, -0.15) is 13.2 Å². The molecule has 15 heavy (non-hydrogen) atoms. The topological polar surface area (TPSA) is 21.6 Å². The maximum atomic E-state index is 12.6. The van der Waals surface area contributed by atoms with Crippen molar-refractivity contribution in [3.05, 3.63) is 35.1 Å². The molecule has 0 radical (unpaired) electrons. The summed E-state index contributed by atoms with van der Waals surface area (Å²) in [6.45, 7) is 0. The van der Waals surface area contributed by atoms with Crippen LogP contribution in [-0.4, -0.2) is 13.3 Å². The lowest BCUT2D eigenvalue weighted by atomic mass is 10.1. The zero-order chi connectivity index (χ0) is 11.5. The van der Waals surface area contributed by atoms with Gasteiger partial charge in [-0.15, -0.1) is 0 Å². The van der Waals surface area contributed by atoms with Crippen LogP contribution in [-0.2, 0) is 11.0 Å². The SMILES string of the molecule is CON=Cc1ccc(F)cc1C(F)(F)F. The zero-order valence-electron chi connectivity index (χ0n) is 7.68.